The van der Waals surface area contributed by atoms with Crippen LogP contribution in [0, 0.1) is 19.7 Å². The standard InChI is InChI=1S/C13H14ClFN2S/c1-8-3-10(4-9(2)13(8)15)5-16-7-12-17-6-11(14)18-12/h3-4,6,16H,5,7H2,1-2H3. The Balaban J connectivity index is 1.94. The van der Waals surface area contributed by atoms with Crippen molar-refractivity contribution in [1.29, 1.82) is 0 Å². The molecule has 0 unspecified atom stereocenters. The highest BCUT2D eigenvalue weighted by atomic mass is 35.5. The molecule has 18 heavy (non-hydrogen) atoms. The Morgan fingerprint density at radius 3 is 2.50 bits per heavy atom. The van der Waals surface area contributed by atoms with E-state index in [0.717, 1.165) is 10.6 Å². The predicted molar refractivity (Wildman–Crippen MR) is 73.5 cm³/mol. The van der Waals surface area contributed by atoms with Crippen LogP contribution >= 0.6 is 22.9 Å². The lowest BCUT2D eigenvalue weighted by atomic mass is 10.1. The van der Waals surface area contributed by atoms with Gasteiger partial charge in [0.15, 0.2) is 0 Å². The molecule has 1 aromatic carbocycles. The van der Waals surface area contributed by atoms with Crippen molar-refractivity contribution >= 4 is 22.9 Å². The van der Waals surface area contributed by atoms with E-state index in [2.05, 4.69) is 10.3 Å². The minimum absolute atomic E-state index is 0.120. The molecule has 0 saturated heterocycles. The molecule has 0 fully saturated rings. The number of aryl methyl sites for hydroxylation is 2. The zero-order chi connectivity index (χ0) is 13.1. The highest BCUT2D eigenvalue weighted by Gasteiger charge is 2.04. The third-order valence-corrected chi connectivity index (χ3v) is 3.74. The maximum Gasteiger partial charge on any atom is 0.129 e. The van der Waals surface area contributed by atoms with Gasteiger partial charge in [-0.3, -0.25) is 0 Å². The molecule has 0 saturated carbocycles. The summed E-state index contributed by atoms with van der Waals surface area (Å²) < 4.78 is 14.2. The maximum absolute atomic E-state index is 13.5. The monoisotopic (exact) mass is 284 g/mol. The first kappa shape index (κ1) is 13.5. The van der Waals surface area contributed by atoms with E-state index in [9.17, 15) is 4.39 Å². The molecule has 96 valence electrons. The summed E-state index contributed by atoms with van der Waals surface area (Å²) >= 11 is 7.27. The highest BCUT2D eigenvalue weighted by Crippen LogP contribution is 2.18. The fourth-order valence-corrected chi connectivity index (χ4v) is 2.75. The van der Waals surface area contributed by atoms with Gasteiger partial charge in [0.05, 0.1) is 6.20 Å². The second-order valence-corrected chi connectivity index (χ2v) is 5.95. The van der Waals surface area contributed by atoms with Crippen LogP contribution in [0.4, 0.5) is 4.39 Å². The van der Waals surface area contributed by atoms with Crippen molar-refractivity contribution in [3.8, 4) is 0 Å². The zero-order valence-electron chi connectivity index (χ0n) is 10.3. The van der Waals surface area contributed by atoms with E-state index in [1.54, 1.807) is 20.0 Å². The number of rotatable bonds is 4. The van der Waals surface area contributed by atoms with Crippen LogP contribution in [0.15, 0.2) is 18.3 Å². The summed E-state index contributed by atoms with van der Waals surface area (Å²) in [5, 5.41) is 4.23. The number of hydrogen-bond donors (Lipinski definition) is 1. The molecule has 2 nitrogen and oxygen atoms in total. The van der Waals surface area contributed by atoms with Crippen molar-refractivity contribution in [2.24, 2.45) is 0 Å². The molecule has 1 heterocycles. The Labute approximate surface area is 115 Å². The number of hydrogen-bond acceptors (Lipinski definition) is 3. The van der Waals surface area contributed by atoms with E-state index < -0.39 is 0 Å². The number of halogens is 2. The third-order valence-electron chi connectivity index (χ3n) is 2.63. The molecule has 2 aromatic rings. The van der Waals surface area contributed by atoms with Gasteiger partial charge in [0.1, 0.15) is 15.2 Å². The minimum atomic E-state index is -0.120. The van der Waals surface area contributed by atoms with E-state index in [0.29, 0.717) is 28.6 Å². The van der Waals surface area contributed by atoms with Gasteiger partial charge in [0.25, 0.3) is 0 Å². The van der Waals surface area contributed by atoms with Crippen molar-refractivity contribution in [1.82, 2.24) is 10.3 Å². The average Bonchev–Trinajstić information content (AvgIpc) is 2.72. The largest absolute Gasteiger partial charge is 0.306 e. The van der Waals surface area contributed by atoms with Crippen molar-refractivity contribution in [3.05, 3.63) is 50.2 Å². The SMILES string of the molecule is Cc1cc(CNCc2ncc(Cl)s2)cc(C)c1F. The van der Waals surface area contributed by atoms with Crippen LogP contribution < -0.4 is 5.32 Å². The normalized spacial score (nSPS) is 10.9. The minimum Gasteiger partial charge on any atom is -0.306 e. The van der Waals surface area contributed by atoms with Gasteiger partial charge in [-0.15, -0.1) is 11.3 Å². The summed E-state index contributed by atoms with van der Waals surface area (Å²) in [6.07, 6.45) is 1.65. The third kappa shape index (κ3) is 3.28. The molecule has 0 aliphatic rings. The second kappa shape index (κ2) is 5.78. The van der Waals surface area contributed by atoms with Gasteiger partial charge < -0.3 is 5.32 Å². The first-order chi connectivity index (χ1) is 8.56. The van der Waals surface area contributed by atoms with E-state index >= 15 is 0 Å². The van der Waals surface area contributed by atoms with Gasteiger partial charge in [0.2, 0.25) is 0 Å². The number of nitrogens with one attached hydrogen (secondary N) is 1. The molecule has 0 atom stereocenters. The summed E-state index contributed by atoms with van der Waals surface area (Å²) in [5.41, 5.74) is 2.45. The molecule has 0 amide bonds. The Morgan fingerprint density at radius 1 is 1.28 bits per heavy atom. The molecule has 1 N–H and O–H groups in total. The van der Waals surface area contributed by atoms with Crippen LogP contribution in [0.1, 0.15) is 21.7 Å². The molecule has 0 aliphatic carbocycles. The van der Waals surface area contributed by atoms with Crippen LogP contribution in [-0.2, 0) is 13.1 Å². The first-order valence-electron chi connectivity index (χ1n) is 5.63. The van der Waals surface area contributed by atoms with Gasteiger partial charge in [-0.05, 0) is 30.5 Å². The molecule has 0 radical (unpaired) electrons. The number of benzene rings is 1. The molecule has 0 aliphatic heterocycles. The van der Waals surface area contributed by atoms with Crippen molar-refractivity contribution in [2.75, 3.05) is 0 Å². The molecule has 1 aromatic heterocycles. The fraction of sp³-hybridized carbons (Fsp3) is 0.308. The summed E-state index contributed by atoms with van der Waals surface area (Å²) in [6.45, 7) is 4.94. The Morgan fingerprint density at radius 2 is 1.94 bits per heavy atom. The van der Waals surface area contributed by atoms with E-state index in [1.807, 2.05) is 12.1 Å². The average molecular weight is 285 g/mol. The molecular formula is C13H14ClFN2S. The van der Waals surface area contributed by atoms with Gasteiger partial charge >= 0.3 is 0 Å². The lowest BCUT2D eigenvalue weighted by Crippen LogP contribution is -2.13. The van der Waals surface area contributed by atoms with Gasteiger partial charge in [-0.2, -0.15) is 0 Å². The van der Waals surface area contributed by atoms with Crippen LogP contribution in [0.2, 0.25) is 4.34 Å². The Kier molecular flexibility index (Phi) is 4.32. The second-order valence-electron chi connectivity index (χ2n) is 4.21. The first-order valence-corrected chi connectivity index (χ1v) is 6.82. The smallest absolute Gasteiger partial charge is 0.129 e. The van der Waals surface area contributed by atoms with Crippen LogP contribution in [-0.4, -0.2) is 4.98 Å². The molecule has 5 heteroatoms. The van der Waals surface area contributed by atoms with E-state index in [-0.39, 0.29) is 5.82 Å². The Hall–Kier alpha value is -0.970. The maximum atomic E-state index is 13.5. The van der Waals surface area contributed by atoms with Crippen molar-refractivity contribution < 1.29 is 4.39 Å². The van der Waals surface area contributed by atoms with Crippen molar-refractivity contribution in [2.45, 2.75) is 26.9 Å². The number of nitrogens with zero attached hydrogens (tertiary/aromatic N) is 1. The van der Waals surface area contributed by atoms with Gasteiger partial charge in [-0.1, -0.05) is 23.7 Å². The lowest BCUT2D eigenvalue weighted by molar-refractivity contribution is 0.606. The highest BCUT2D eigenvalue weighted by molar-refractivity contribution is 7.15. The van der Waals surface area contributed by atoms with E-state index in [4.69, 9.17) is 11.6 Å². The zero-order valence-corrected chi connectivity index (χ0v) is 11.8. The van der Waals surface area contributed by atoms with Crippen molar-refractivity contribution in [3.63, 3.8) is 0 Å². The van der Waals surface area contributed by atoms with Crippen LogP contribution in [0.3, 0.4) is 0 Å². The quantitative estimate of drug-likeness (QED) is 0.923. The van der Waals surface area contributed by atoms with E-state index in [1.165, 1.54) is 11.3 Å². The molecular weight excluding hydrogens is 271 g/mol. The van der Waals surface area contributed by atoms with Crippen LogP contribution in [0.25, 0.3) is 0 Å². The fourth-order valence-electron chi connectivity index (χ4n) is 1.82. The predicted octanol–water partition coefficient (Wildman–Crippen LogP) is 3.84. The molecule has 0 bridgehead atoms. The summed E-state index contributed by atoms with van der Waals surface area (Å²) in [5.74, 6) is -0.120. The lowest BCUT2D eigenvalue weighted by Gasteiger charge is -2.07. The molecule has 2 rings (SSSR count). The summed E-state index contributed by atoms with van der Waals surface area (Å²) in [4.78, 5) is 4.16. The number of aromatic nitrogens is 1. The number of thiazole rings is 1. The summed E-state index contributed by atoms with van der Waals surface area (Å²) in [6, 6.07) is 3.73. The van der Waals surface area contributed by atoms with Crippen LogP contribution in [0.5, 0.6) is 0 Å². The summed E-state index contributed by atoms with van der Waals surface area (Å²) in [7, 11) is 0. The topological polar surface area (TPSA) is 24.9 Å². The van der Waals surface area contributed by atoms with Gasteiger partial charge in [0, 0.05) is 13.1 Å². The Bertz CT molecular complexity index is 531. The molecule has 0 spiro atoms. The van der Waals surface area contributed by atoms with Gasteiger partial charge in [-0.25, -0.2) is 9.37 Å².